The quantitative estimate of drug-likeness (QED) is 0.680. The summed E-state index contributed by atoms with van der Waals surface area (Å²) in [4.78, 5) is 0. The highest BCUT2D eigenvalue weighted by Gasteiger charge is 2.22. The minimum Gasteiger partial charge on any atom is -0.482 e. The van der Waals surface area contributed by atoms with Gasteiger partial charge in [-0.3, -0.25) is 0 Å². The molecule has 2 rings (SSSR count). The van der Waals surface area contributed by atoms with E-state index in [0.717, 1.165) is 0 Å². The Balaban J connectivity index is 2.17. The molecule has 13 heavy (non-hydrogen) atoms. The Morgan fingerprint density at radius 2 is 1.85 bits per heavy atom. The second kappa shape index (κ2) is 3.30. The van der Waals surface area contributed by atoms with Crippen molar-refractivity contribution in [3.8, 4) is 5.75 Å². The normalized spacial score (nSPS) is 16.8. The van der Waals surface area contributed by atoms with Crippen molar-refractivity contribution in [1.82, 2.24) is 5.32 Å². The third-order valence-corrected chi connectivity index (χ3v) is 1.87. The van der Waals surface area contributed by atoms with E-state index in [1.165, 1.54) is 18.2 Å². The van der Waals surface area contributed by atoms with Crippen LogP contribution in [0.1, 0.15) is 0 Å². The molecular formula is C9H8F2NO. The summed E-state index contributed by atoms with van der Waals surface area (Å²) in [5.74, 6) is -1.61. The van der Waals surface area contributed by atoms with Crippen molar-refractivity contribution in [2.24, 2.45) is 0 Å². The standard InChI is InChI=1S/C9H8F2NO/c10-7-2-1-3-8(11)9(7)13-6-4-12-5-6/h1-3,6H,4-5H2. The third kappa shape index (κ3) is 1.62. The van der Waals surface area contributed by atoms with E-state index in [4.69, 9.17) is 4.74 Å². The van der Waals surface area contributed by atoms with E-state index in [-0.39, 0.29) is 11.9 Å². The molecule has 2 nitrogen and oxygen atoms in total. The number of nitrogens with zero attached hydrogens (tertiary/aromatic N) is 1. The van der Waals surface area contributed by atoms with Gasteiger partial charge in [0.2, 0.25) is 0 Å². The summed E-state index contributed by atoms with van der Waals surface area (Å²) in [7, 11) is 0. The summed E-state index contributed by atoms with van der Waals surface area (Å²) in [5, 5.41) is 3.88. The van der Waals surface area contributed by atoms with Crippen molar-refractivity contribution in [3.63, 3.8) is 0 Å². The fourth-order valence-electron chi connectivity index (χ4n) is 1.07. The Morgan fingerprint density at radius 3 is 2.31 bits per heavy atom. The molecule has 1 aliphatic heterocycles. The highest BCUT2D eigenvalue weighted by atomic mass is 19.1. The van der Waals surface area contributed by atoms with Gasteiger partial charge in [-0.25, -0.2) is 14.1 Å². The van der Waals surface area contributed by atoms with Crippen LogP contribution in [0.5, 0.6) is 5.75 Å². The molecule has 1 fully saturated rings. The van der Waals surface area contributed by atoms with Gasteiger partial charge >= 0.3 is 0 Å². The van der Waals surface area contributed by atoms with Crippen molar-refractivity contribution in [2.75, 3.05) is 13.1 Å². The maximum atomic E-state index is 13.0. The number of benzene rings is 1. The van der Waals surface area contributed by atoms with Crippen LogP contribution in [0.25, 0.3) is 0 Å². The molecule has 69 valence electrons. The molecule has 1 heterocycles. The molecule has 0 aromatic heterocycles. The lowest BCUT2D eigenvalue weighted by Gasteiger charge is -2.26. The highest BCUT2D eigenvalue weighted by Crippen LogP contribution is 2.22. The fraction of sp³-hybridized carbons (Fsp3) is 0.333. The highest BCUT2D eigenvalue weighted by molar-refractivity contribution is 5.26. The van der Waals surface area contributed by atoms with E-state index in [9.17, 15) is 8.78 Å². The third-order valence-electron chi connectivity index (χ3n) is 1.87. The molecule has 0 spiro atoms. The van der Waals surface area contributed by atoms with Crippen LogP contribution >= 0.6 is 0 Å². The maximum Gasteiger partial charge on any atom is 0.191 e. The largest absolute Gasteiger partial charge is 0.482 e. The number of ether oxygens (including phenoxy) is 1. The van der Waals surface area contributed by atoms with Gasteiger partial charge in [-0.05, 0) is 12.1 Å². The molecule has 0 aliphatic carbocycles. The first-order chi connectivity index (χ1) is 6.27. The first kappa shape index (κ1) is 8.44. The van der Waals surface area contributed by atoms with E-state index in [2.05, 4.69) is 5.32 Å². The predicted molar refractivity (Wildman–Crippen MR) is 42.6 cm³/mol. The number of para-hydroxylation sites is 1. The Morgan fingerprint density at radius 1 is 1.23 bits per heavy atom. The molecule has 0 bridgehead atoms. The van der Waals surface area contributed by atoms with Crippen molar-refractivity contribution in [2.45, 2.75) is 6.10 Å². The van der Waals surface area contributed by atoms with Gasteiger partial charge in [0, 0.05) is 0 Å². The van der Waals surface area contributed by atoms with Crippen molar-refractivity contribution < 1.29 is 13.5 Å². The summed E-state index contributed by atoms with van der Waals surface area (Å²) in [5.41, 5.74) is 0. The minimum absolute atomic E-state index is 0.161. The smallest absolute Gasteiger partial charge is 0.191 e. The van der Waals surface area contributed by atoms with Crippen LogP contribution in [0.3, 0.4) is 0 Å². The molecule has 1 aromatic carbocycles. The van der Waals surface area contributed by atoms with Crippen LogP contribution in [-0.2, 0) is 0 Å². The monoisotopic (exact) mass is 184 g/mol. The molecule has 4 heteroatoms. The molecule has 0 N–H and O–H groups in total. The lowest BCUT2D eigenvalue weighted by Crippen LogP contribution is -2.45. The fourth-order valence-corrected chi connectivity index (χ4v) is 1.07. The maximum absolute atomic E-state index is 13.0. The van der Waals surface area contributed by atoms with E-state index < -0.39 is 11.6 Å². The summed E-state index contributed by atoms with van der Waals surface area (Å²) in [6.07, 6.45) is -0.161. The van der Waals surface area contributed by atoms with Gasteiger partial charge in [-0.2, -0.15) is 0 Å². The number of halogens is 2. The van der Waals surface area contributed by atoms with Crippen LogP contribution in [-0.4, -0.2) is 19.2 Å². The van der Waals surface area contributed by atoms with E-state index in [0.29, 0.717) is 13.1 Å². The van der Waals surface area contributed by atoms with Gasteiger partial charge in [0.25, 0.3) is 0 Å². The molecule has 0 saturated carbocycles. The molecular weight excluding hydrogens is 176 g/mol. The zero-order chi connectivity index (χ0) is 9.26. The summed E-state index contributed by atoms with van der Waals surface area (Å²) in [6, 6.07) is 3.66. The Bertz CT molecular complexity index is 292. The van der Waals surface area contributed by atoms with Crippen LogP contribution < -0.4 is 10.1 Å². The van der Waals surface area contributed by atoms with E-state index >= 15 is 0 Å². The number of hydrogen-bond donors (Lipinski definition) is 0. The van der Waals surface area contributed by atoms with Gasteiger partial charge in [-0.1, -0.05) is 6.07 Å². The second-order valence-electron chi connectivity index (χ2n) is 2.88. The average Bonchev–Trinajstić information content (AvgIpc) is 2.00. The summed E-state index contributed by atoms with van der Waals surface area (Å²) in [6.45, 7) is 1.04. The van der Waals surface area contributed by atoms with Gasteiger partial charge in [0.15, 0.2) is 17.4 Å². The van der Waals surface area contributed by atoms with E-state index in [1.54, 1.807) is 0 Å². The predicted octanol–water partition coefficient (Wildman–Crippen LogP) is 1.33. The van der Waals surface area contributed by atoms with Gasteiger partial charge in [-0.15, -0.1) is 0 Å². The van der Waals surface area contributed by atoms with Crippen LogP contribution in [0.15, 0.2) is 18.2 Å². The van der Waals surface area contributed by atoms with Crippen LogP contribution in [0, 0.1) is 11.6 Å². The van der Waals surface area contributed by atoms with Crippen molar-refractivity contribution >= 4 is 0 Å². The lowest BCUT2D eigenvalue weighted by molar-refractivity contribution is 0.127. The molecule has 1 radical (unpaired) electrons. The topological polar surface area (TPSA) is 23.3 Å². The SMILES string of the molecule is Fc1cccc(F)c1OC1C[N]C1. The zero-order valence-electron chi connectivity index (χ0n) is 6.84. The molecule has 0 unspecified atom stereocenters. The lowest BCUT2D eigenvalue weighted by atomic mass is 10.2. The molecule has 1 saturated heterocycles. The molecule has 1 aromatic rings. The Labute approximate surface area is 74.5 Å². The molecule has 0 amide bonds. The van der Waals surface area contributed by atoms with E-state index in [1.807, 2.05) is 0 Å². The summed E-state index contributed by atoms with van der Waals surface area (Å²) < 4.78 is 31.0. The summed E-state index contributed by atoms with van der Waals surface area (Å²) >= 11 is 0. The number of rotatable bonds is 2. The second-order valence-corrected chi connectivity index (χ2v) is 2.88. The van der Waals surface area contributed by atoms with Gasteiger partial charge in [0.05, 0.1) is 13.1 Å². The van der Waals surface area contributed by atoms with Crippen LogP contribution in [0.2, 0.25) is 0 Å². The van der Waals surface area contributed by atoms with Gasteiger partial charge in [0.1, 0.15) is 6.10 Å². The number of hydrogen-bond acceptors (Lipinski definition) is 1. The molecule has 0 atom stereocenters. The average molecular weight is 184 g/mol. The van der Waals surface area contributed by atoms with Gasteiger partial charge < -0.3 is 4.74 Å². The first-order valence-corrected chi connectivity index (χ1v) is 4.01. The minimum atomic E-state index is -0.660. The molecule has 1 aliphatic rings. The van der Waals surface area contributed by atoms with Crippen molar-refractivity contribution in [3.05, 3.63) is 29.8 Å². The van der Waals surface area contributed by atoms with Crippen LogP contribution in [0.4, 0.5) is 8.78 Å². The van der Waals surface area contributed by atoms with Crippen molar-refractivity contribution in [1.29, 1.82) is 0 Å². The zero-order valence-corrected chi connectivity index (χ0v) is 6.84. The Kier molecular flexibility index (Phi) is 2.14. The first-order valence-electron chi connectivity index (χ1n) is 4.01. The Hall–Kier alpha value is -1.16.